The lowest BCUT2D eigenvalue weighted by Crippen LogP contribution is -2.37. The summed E-state index contributed by atoms with van der Waals surface area (Å²) in [5, 5.41) is 2.90. The number of methoxy groups -OCH3 is 1. The van der Waals surface area contributed by atoms with E-state index in [1.165, 1.54) is 10.5 Å². The summed E-state index contributed by atoms with van der Waals surface area (Å²) in [6, 6.07) is 15.6. The molecular weight excluding hydrogens is 322 g/mol. The number of carbonyl (C=O) groups excluding carboxylic acids is 1. The first-order valence-electron chi connectivity index (χ1n) is 7.86. The lowest BCUT2D eigenvalue weighted by molar-refractivity contribution is -0.127. The Morgan fingerprint density at radius 2 is 1.88 bits per heavy atom. The van der Waals surface area contributed by atoms with E-state index in [2.05, 4.69) is 36.5 Å². The number of nitrogens with one attached hydrogen (secondary N) is 1. The van der Waals surface area contributed by atoms with E-state index < -0.39 is 6.10 Å². The van der Waals surface area contributed by atoms with E-state index in [4.69, 9.17) is 9.47 Å². The van der Waals surface area contributed by atoms with Crippen LogP contribution in [0.5, 0.6) is 11.5 Å². The molecule has 0 bridgehead atoms. The standard InChI is InChI=1S/C19H23NO3S/c1-14-7-9-18(10-8-14)24-12-11-20-19(21)15(2)23-17-6-4-5-16(13-17)22-3/h4-10,13,15H,11-12H2,1-3H3,(H,20,21)/t15-/m0/s1. The van der Waals surface area contributed by atoms with Crippen LogP contribution in [0.15, 0.2) is 53.4 Å². The number of aryl methyl sites for hydroxylation is 1. The molecule has 0 unspecified atom stereocenters. The number of hydrogen-bond acceptors (Lipinski definition) is 4. The van der Waals surface area contributed by atoms with Crippen molar-refractivity contribution in [1.82, 2.24) is 5.32 Å². The molecule has 0 aliphatic heterocycles. The number of amides is 1. The molecule has 0 spiro atoms. The molecule has 0 heterocycles. The smallest absolute Gasteiger partial charge is 0.260 e. The summed E-state index contributed by atoms with van der Waals surface area (Å²) in [7, 11) is 1.60. The van der Waals surface area contributed by atoms with Crippen molar-refractivity contribution in [2.75, 3.05) is 19.4 Å². The fourth-order valence-electron chi connectivity index (χ4n) is 2.05. The van der Waals surface area contributed by atoms with Gasteiger partial charge in [-0.05, 0) is 38.1 Å². The fraction of sp³-hybridized carbons (Fsp3) is 0.316. The minimum Gasteiger partial charge on any atom is -0.497 e. The Balaban J connectivity index is 1.72. The Morgan fingerprint density at radius 1 is 1.17 bits per heavy atom. The molecule has 1 N–H and O–H groups in total. The maximum atomic E-state index is 12.1. The lowest BCUT2D eigenvalue weighted by Gasteiger charge is -2.15. The van der Waals surface area contributed by atoms with Gasteiger partial charge in [0.05, 0.1) is 7.11 Å². The molecule has 2 aromatic carbocycles. The van der Waals surface area contributed by atoms with Crippen molar-refractivity contribution in [3.63, 3.8) is 0 Å². The van der Waals surface area contributed by atoms with Gasteiger partial charge in [0, 0.05) is 23.3 Å². The maximum absolute atomic E-state index is 12.1. The van der Waals surface area contributed by atoms with Crippen molar-refractivity contribution in [2.24, 2.45) is 0 Å². The summed E-state index contributed by atoms with van der Waals surface area (Å²) in [5.41, 5.74) is 1.25. The highest BCUT2D eigenvalue weighted by Gasteiger charge is 2.14. The zero-order chi connectivity index (χ0) is 17.4. The van der Waals surface area contributed by atoms with E-state index in [-0.39, 0.29) is 5.91 Å². The van der Waals surface area contributed by atoms with E-state index >= 15 is 0 Å². The van der Waals surface area contributed by atoms with E-state index in [9.17, 15) is 4.79 Å². The van der Waals surface area contributed by atoms with Crippen LogP contribution in [0.1, 0.15) is 12.5 Å². The third-order valence-electron chi connectivity index (χ3n) is 3.41. The second-order valence-electron chi connectivity index (χ2n) is 5.39. The minimum atomic E-state index is -0.554. The Labute approximate surface area is 147 Å². The molecule has 0 aromatic heterocycles. The van der Waals surface area contributed by atoms with Crippen LogP contribution in [0.2, 0.25) is 0 Å². The summed E-state index contributed by atoms with van der Waals surface area (Å²) in [4.78, 5) is 13.3. The van der Waals surface area contributed by atoms with Crippen molar-refractivity contribution >= 4 is 17.7 Å². The second kappa shape index (κ2) is 9.23. The molecule has 0 radical (unpaired) electrons. The Bertz CT molecular complexity index is 658. The molecule has 5 heteroatoms. The predicted molar refractivity (Wildman–Crippen MR) is 98.0 cm³/mol. The molecule has 4 nitrogen and oxygen atoms in total. The van der Waals surface area contributed by atoms with Crippen molar-refractivity contribution in [1.29, 1.82) is 0 Å². The number of thioether (sulfide) groups is 1. The molecule has 0 saturated carbocycles. The van der Waals surface area contributed by atoms with Gasteiger partial charge < -0.3 is 14.8 Å². The molecule has 1 amide bonds. The van der Waals surface area contributed by atoms with Gasteiger partial charge in [-0.3, -0.25) is 4.79 Å². The third-order valence-corrected chi connectivity index (χ3v) is 4.43. The monoisotopic (exact) mass is 345 g/mol. The summed E-state index contributed by atoms with van der Waals surface area (Å²) in [6.07, 6.45) is -0.554. The van der Waals surface area contributed by atoms with Gasteiger partial charge in [0.1, 0.15) is 11.5 Å². The Hall–Kier alpha value is -2.14. The highest BCUT2D eigenvalue weighted by molar-refractivity contribution is 7.99. The third kappa shape index (κ3) is 5.81. The van der Waals surface area contributed by atoms with Gasteiger partial charge in [-0.15, -0.1) is 11.8 Å². The van der Waals surface area contributed by atoms with Crippen LogP contribution in [0, 0.1) is 6.92 Å². The summed E-state index contributed by atoms with van der Waals surface area (Å²) in [6.45, 7) is 4.41. The topological polar surface area (TPSA) is 47.6 Å². The molecule has 128 valence electrons. The van der Waals surface area contributed by atoms with Gasteiger partial charge in [-0.25, -0.2) is 0 Å². The van der Waals surface area contributed by atoms with E-state index in [0.29, 0.717) is 18.0 Å². The zero-order valence-electron chi connectivity index (χ0n) is 14.2. The van der Waals surface area contributed by atoms with Gasteiger partial charge in [-0.2, -0.15) is 0 Å². The van der Waals surface area contributed by atoms with Crippen LogP contribution in [-0.2, 0) is 4.79 Å². The van der Waals surface area contributed by atoms with Crippen LogP contribution < -0.4 is 14.8 Å². The normalized spacial score (nSPS) is 11.6. The van der Waals surface area contributed by atoms with Crippen LogP contribution >= 0.6 is 11.8 Å². The fourth-order valence-corrected chi connectivity index (χ4v) is 2.82. The predicted octanol–water partition coefficient (Wildman–Crippen LogP) is 3.68. The quantitative estimate of drug-likeness (QED) is 0.586. The summed E-state index contributed by atoms with van der Waals surface area (Å²) < 4.78 is 10.8. The number of carbonyl (C=O) groups is 1. The molecule has 0 fully saturated rings. The lowest BCUT2D eigenvalue weighted by atomic mass is 10.2. The average Bonchev–Trinajstić information content (AvgIpc) is 2.60. The van der Waals surface area contributed by atoms with E-state index in [1.807, 2.05) is 12.1 Å². The van der Waals surface area contributed by atoms with E-state index in [1.54, 1.807) is 37.9 Å². The number of rotatable bonds is 8. The summed E-state index contributed by atoms with van der Waals surface area (Å²) in [5.74, 6) is 2.02. The molecule has 2 aromatic rings. The second-order valence-corrected chi connectivity index (χ2v) is 6.56. The van der Waals surface area contributed by atoms with Crippen LogP contribution in [0.25, 0.3) is 0 Å². The van der Waals surface area contributed by atoms with Crippen LogP contribution in [0.3, 0.4) is 0 Å². The first kappa shape index (κ1) is 18.2. The SMILES string of the molecule is COc1cccc(O[C@@H](C)C(=O)NCCSc2ccc(C)cc2)c1. The molecule has 0 aliphatic rings. The Kier molecular flexibility index (Phi) is 7.00. The molecule has 0 aliphatic carbocycles. The first-order valence-corrected chi connectivity index (χ1v) is 8.85. The first-order chi connectivity index (χ1) is 11.6. The van der Waals surface area contributed by atoms with Crippen molar-refractivity contribution < 1.29 is 14.3 Å². The minimum absolute atomic E-state index is 0.123. The number of benzene rings is 2. The van der Waals surface area contributed by atoms with Gasteiger partial charge in [0.25, 0.3) is 5.91 Å². The molecule has 1 atom stereocenters. The average molecular weight is 345 g/mol. The highest BCUT2D eigenvalue weighted by atomic mass is 32.2. The molecular formula is C19H23NO3S. The van der Waals surface area contributed by atoms with Gasteiger partial charge >= 0.3 is 0 Å². The Morgan fingerprint density at radius 3 is 2.58 bits per heavy atom. The van der Waals surface area contributed by atoms with Crippen LogP contribution in [-0.4, -0.2) is 31.4 Å². The molecule has 0 saturated heterocycles. The van der Waals surface area contributed by atoms with Gasteiger partial charge in [0.2, 0.25) is 0 Å². The number of ether oxygens (including phenoxy) is 2. The van der Waals surface area contributed by atoms with Crippen molar-refractivity contribution in [2.45, 2.75) is 24.8 Å². The summed E-state index contributed by atoms with van der Waals surface area (Å²) >= 11 is 1.72. The van der Waals surface area contributed by atoms with Crippen LogP contribution in [0.4, 0.5) is 0 Å². The molecule has 2 rings (SSSR count). The molecule has 24 heavy (non-hydrogen) atoms. The van der Waals surface area contributed by atoms with E-state index in [0.717, 1.165) is 5.75 Å². The van der Waals surface area contributed by atoms with Crippen molar-refractivity contribution in [3.8, 4) is 11.5 Å². The number of hydrogen-bond donors (Lipinski definition) is 1. The largest absolute Gasteiger partial charge is 0.497 e. The van der Waals surface area contributed by atoms with Gasteiger partial charge in [-0.1, -0.05) is 23.8 Å². The van der Waals surface area contributed by atoms with Crippen molar-refractivity contribution in [3.05, 3.63) is 54.1 Å². The highest BCUT2D eigenvalue weighted by Crippen LogP contribution is 2.20. The van der Waals surface area contributed by atoms with Gasteiger partial charge in [0.15, 0.2) is 6.10 Å². The zero-order valence-corrected chi connectivity index (χ0v) is 15.1. The maximum Gasteiger partial charge on any atom is 0.260 e.